The van der Waals surface area contributed by atoms with Crippen LogP contribution < -0.4 is 10.1 Å². The van der Waals surface area contributed by atoms with E-state index in [9.17, 15) is 4.39 Å². The molecule has 0 bridgehead atoms. The predicted octanol–water partition coefficient (Wildman–Crippen LogP) is 3.26. The van der Waals surface area contributed by atoms with Crippen LogP contribution in [0.2, 0.25) is 0 Å². The van der Waals surface area contributed by atoms with Crippen molar-refractivity contribution in [2.24, 2.45) is 5.92 Å². The molecule has 1 saturated carbocycles. The van der Waals surface area contributed by atoms with Gasteiger partial charge in [0.15, 0.2) is 6.79 Å². The highest BCUT2D eigenvalue weighted by Crippen LogP contribution is 2.29. The Kier molecular flexibility index (Phi) is 5.16. The summed E-state index contributed by atoms with van der Waals surface area (Å²) in [5, 5.41) is 3.30. The standard InChI is InChI=1S/C15H22FNO2/c1-3-17-11(2)14-7-6-13(16)8-15(14)19-10-18-9-12-4-5-12/h6-8,11-12,17H,3-5,9-10H2,1-2H3. The summed E-state index contributed by atoms with van der Waals surface area (Å²) in [6, 6.07) is 4.77. The maximum absolute atomic E-state index is 13.3. The molecule has 1 aromatic rings. The lowest BCUT2D eigenvalue weighted by Gasteiger charge is -2.17. The molecule has 1 aromatic carbocycles. The van der Waals surface area contributed by atoms with Crippen LogP contribution in [0.3, 0.4) is 0 Å². The SMILES string of the molecule is CCNC(C)c1ccc(F)cc1OCOCC1CC1. The molecule has 3 nitrogen and oxygen atoms in total. The van der Waals surface area contributed by atoms with Crippen molar-refractivity contribution < 1.29 is 13.9 Å². The van der Waals surface area contributed by atoms with Crippen LogP contribution in [0.4, 0.5) is 4.39 Å². The van der Waals surface area contributed by atoms with Gasteiger partial charge < -0.3 is 14.8 Å². The van der Waals surface area contributed by atoms with Crippen LogP contribution in [0, 0.1) is 11.7 Å². The van der Waals surface area contributed by atoms with E-state index in [-0.39, 0.29) is 18.7 Å². The molecule has 19 heavy (non-hydrogen) atoms. The van der Waals surface area contributed by atoms with Gasteiger partial charge in [-0.2, -0.15) is 0 Å². The first-order valence-electron chi connectivity index (χ1n) is 6.94. The van der Waals surface area contributed by atoms with E-state index in [2.05, 4.69) is 5.32 Å². The minimum Gasteiger partial charge on any atom is -0.467 e. The molecule has 1 N–H and O–H groups in total. The van der Waals surface area contributed by atoms with Crippen LogP contribution in [0.5, 0.6) is 5.75 Å². The van der Waals surface area contributed by atoms with Gasteiger partial charge >= 0.3 is 0 Å². The lowest BCUT2D eigenvalue weighted by Crippen LogP contribution is -2.19. The van der Waals surface area contributed by atoms with Gasteiger partial charge in [0.2, 0.25) is 0 Å². The van der Waals surface area contributed by atoms with Gasteiger partial charge in [-0.15, -0.1) is 0 Å². The predicted molar refractivity (Wildman–Crippen MR) is 72.7 cm³/mol. The highest BCUT2D eigenvalue weighted by Gasteiger charge is 2.21. The molecule has 1 aliphatic rings. The van der Waals surface area contributed by atoms with Crippen LogP contribution in [0.1, 0.15) is 38.3 Å². The summed E-state index contributed by atoms with van der Waals surface area (Å²) in [5.41, 5.74) is 0.957. The first-order valence-corrected chi connectivity index (χ1v) is 6.94. The Bertz CT molecular complexity index is 407. The van der Waals surface area contributed by atoms with Crippen LogP contribution in [-0.4, -0.2) is 19.9 Å². The Morgan fingerprint density at radius 2 is 2.21 bits per heavy atom. The monoisotopic (exact) mass is 267 g/mol. The van der Waals surface area contributed by atoms with E-state index in [4.69, 9.17) is 9.47 Å². The number of rotatable bonds is 8. The molecule has 1 aliphatic carbocycles. The van der Waals surface area contributed by atoms with Crippen LogP contribution in [0.15, 0.2) is 18.2 Å². The maximum Gasteiger partial charge on any atom is 0.189 e. The summed E-state index contributed by atoms with van der Waals surface area (Å²) in [4.78, 5) is 0. The lowest BCUT2D eigenvalue weighted by molar-refractivity contribution is 0.00909. The molecule has 0 spiro atoms. The zero-order valence-corrected chi connectivity index (χ0v) is 11.6. The van der Waals surface area contributed by atoms with Crippen LogP contribution >= 0.6 is 0 Å². The quantitative estimate of drug-likeness (QED) is 0.579. The van der Waals surface area contributed by atoms with Crippen molar-refractivity contribution in [3.8, 4) is 5.75 Å². The molecule has 1 fully saturated rings. The summed E-state index contributed by atoms with van der Waals surface area (Å²) in [6.45, 7) is 5.86. The molecule has 4 heteroatoms. The Morgan fingerprint density at radius 3 is 2.89 bits per heavy atom. The third kappa shape index (κ3) is 4.48. The van der Waals surface area contributed by atoms with Crippen molar-refractivity contribution in [1.29, 1.82) is 0 Å². The zero-order valence-electron chi connectivity index (χ0n) is 11.6. The van der Waals surface area contributed by atoms with Crippen LogP contribution in [-0.2, 0) is 4.74 Å². The van der Waals surface area contributed by atoms with Crippen molar-refractivity contribution >= 4 is 0 Å². The minimum absolute atomic E-state index is 0.129. The minimum atomic E-state index is -0.287. The average Bonchev–Trinajstić information content (AvgIpc) is 3.19. The van der Waals surface area contributed by atoms with Crippen molar-refractivity contribution in [1.82, 2.24) is 5.32 Å². The number of benzene rings is 1. The third-order valence-electron chi connectivity index (χ3n) is 3.30. The van der Waals surface area contributed by atoms with Gasteiger partial charge in [0.05, 0.1) is 6.61 Å². The van der Waals surface area contributed by atoms with E-state index in [1.807, 2.05) is 13.8 Å². The Balaban J connectivity index is 1.92. The molecule has 0 saturated heterocycles. The summed E-state index contributed by atoms with van der Waals surface area (Å²) >= 11 is 0. The topological polar surface area (TPSA) is 30.5 Å². The van der Waals surface area contributed by atoms with Crippen molar-refractivity contribution in [3.63, 3.8) is 0 Å². The van der Waals surface area contributed by atoms with E-state index in [1.165, 1.54) is 25.0 Å². The Labute approximate surface area is 114 Å². The molecule has 106 valence electrons. The van der Waals surface area contributed by atoms with Crippen molar-refractivity contribution in [2.45, 2.75) is 32.7 Å². The molecule has 2 rings (SSSR count). The van der Waals surface area contributed by atoms with Gasteiger partial charge in [-0.25, -0.2) is 4.39 Å². The maximum atomic E-state index is 13.3. The Hall–Kier alpha value is -1.13. The second-order valence-electron chi connectivity index (χ2n) is 5.04. The summed E-state index contributed by atoms with van der Waals surface area (Å²) < 4.78 is 24.3. The van der Waals surface area contributed by atoms with E-state index in [1.54, 1.807) is 6.07 Å². The number of hydrogen-bond donors (Lipinski definition) is 1. The molecular weight excluding hydrogens is 245 g/mol. The second-order valence-corrected chi connectivity index (χ2v) is 5.04. The van der Waals surface area contributed by atoms with Gasteiger partial charge in [0, 0.05) is 17.7 Å². The normalized spacial score (nSPS) is 16.4. The summed E-state index contributed by atoms with van der Waals surface area (Å²) in [7, 11) is 0. The van der Waals surface area contributed by atoms with Gasteiger partial charge in [-0.1, -0.05) is 13.0 Å². The summed E-state index contributed by atoms with van der Waals surface area (Å²) in [6.07, 6.45) is 2.51. The number of nitrogens with one attached hydrogen (secondary N) is 1. The fourth-order valence-electron chi connectivity index (χ4n) is 2.01. The Morgan fingerprint density at radius 1 is 1.42 bits per heavy atom. The first kappa shape index (κ1) is 14.3. The van der Waals surface area contributed by atoms with Gasteiger partial charge in [0.1, 0.15) is 11.6 Å². The number of halogens is 1. The number of hydrogen-bond acceptors (Lipinski definition) is 3. The first-order chi connectivity index (χ1) is 9.20. The molecular formula is C15H22FNO2. The van der Waals surface area contributed by atoms with E-state index >= 15 is 0 Å². The second kappa shape index (κ2) is 6.87. The highest BCUT2D eigenvalue weighted by atomic mass is 19.1. The molecule has 1 atom stereocenters. The molecule has 0 radical (unpaired) electrons. The fraction of sp³-hybridized carbons (Fsp3) is 0.600. The van der Waals surface area contributed by atoms with E-state index < -0.39 is 0 Å². The molecule has 0 aromatic heterocycles. The smallest absolute Gasteiger partial charge is 0.189 e. The molecule has 0 heterocycles. The number of ether oxygens (including phenoxy) is 2. The third-order valence-corrected chi connectivity index (χ3v) is 3.30. The van der Waals surface area contributed by atoms with Crippen LogP contribution in [0.25, 0.3) is 0 Å². The van der Waals surface area contributed by atoms with Gasteiger partial charge in [-0.3, -0.25) is 0 Å². The fourth-order valence-corrected chi connectivity index (χ4v) is 2.01. The van der Waals surface area contributed by atoms with E-state index in [0.717, 1.165) is 18.7 Å². The lowest BCUT2D eigenvalue weighted by atomic mass is 10.1. The highest BCUT2D eigenvalue weighted by molar-refractivity contribution is 5.36. The molecule has 1 unspecified atom stereocenters. The zero-order chi connectivity index (χ0) is 13.7. The van der Waals surface area contributed by atoms with Crippen molar-refractivity contribution in [3.05, 3.63) is 29.6 Å². The van der Waals surface area contributed by atoms with Gasteiger partial charge in [-0.05, 0) is 38.3 Å². The van der Waals surface area contributed by atoms with Crippen molar-refractivity contribution in [2.75, 3.05) is 19.9 Å². The van der Waals surface area contributed by atoms with Gasteiger partial charge in [0.25, 0.3) is 0 Å². The average molecular weight is 267 g/mol. The van der Waals surface area contributed by atoms with E-state index in [0.29, 0.717) is 11.7 Å². The summed E-state index contributed by atoms with van der Waals surface area (Å²) in [5.74, 6) is 0.977. The largest absolute Gasteiger partial charge is 0.467 e. The molecule has 0 aliphatic heterocycles. The molecule has 0 amide bonds.